The number of phenols is 1. The lowest BCUT2D eigenvalue weighted by atomic mass is 10.1. The molecule has 3 rings (SSSR count). The van der Waals surface area contributed by atoms with Crippen LogP contribution in [0.15, 0.2) is 46.0 Å². The largest absolute Gasteiger partial charge is 0.505 e. The van der Waals surface area contributed by atoms with Crippen molar-refractivity contribution in [2.45, 2.75) is 0 Å². The predicted octanol–water partition coefficient (Wildman–Crippen LogP) is 2.88. The molecule has 0 unspecified atom stereocenters. The van der Waals surface area contributed by atoms with E-state index in [1.165, 1.54) is 12.1 Å². The number of benzene rings is 2. The molecule has 0 aliphatic rings. The summed E-state index contributed by atoms with van der Waals surface area (Å²) in [5, 5.41) is 15.9. The second-order valence-electron chi connectivity index (χ2n) is 5.32. The zero-order valence-electron chi connectivity index (χ0n) is 13.0. The standard InChI is InChI=1S/C17H11Cl2N3O4/c18-8-3-1-2-4-10(8)21-12-13(16(25)15(12)24)22-11-9(19)6-5-7(14(11)23)17(20)26/h1-6,21-23H,(H2,20,26). The van der Waals surface area contributed by atoms with E-state index >= 15 is 0 Å². The van der Waals surface area contributed by atoms with Gasteiger partial charge in [-0.25, -0.2) is 0 Å². The van der Waals surface area contributed by atoms with Gasteiger partial charge in [0.2, 0.25) is 0 Å². The first kappa shape index (κ1) is 17.8. The Morgan fingerprint density at radius 3 is 2.12 bits per heavy atom. The van der Waals surface area contributed by atoms with E-state index in [4.69, 9.17) is 28.9 Å². The molecular formula is C17H11Cl2N3O4. The molecule has 0 aromatic heterocycles. The fourth-order valence-corrected chi connectivity index (χ4v) is 2.72. The number of halogens is 2. The van der Waals surface area contributed by atoms with Crippen LogP contribution in [0.25, 0.3) is 0 Å². The summed E-state index contributed by atoms with van der Waals surface area (Å²) in [4.78, 5) is 35.2. The second kappa shape index (κ2) is 6.70. The second-order valence-corrected chi connectivity index (χ2v) is 6.14. The molecule has 5 N–H and O–H groups in total. The topological polar surface area (TPSA) is 122 Å². The summed E-state index contributed by atoms with van der Waals surface area (Å²) in [6.07, 6.45) is 0. The van der Waals surface area contributed by atoms with Crippen LogP contribution >= 0.6 is 23.2 Å². The van der Waals surface area contributed by atoms with Crippen LogP contribution in [0, 0.1) is 0 Å². The maximum Gasteiger partial charge on any atom is 0.253 e. The summed E-state index contributed by atoms with van der Waals surface area (Å²) in [6, 6.07) is 9.23. The highest BCUT2D eigenvalue weighted by molar-refractivity contribution is 6.34. The van der Waals surface area contributed by atoms with Gasteiger partial charge >= 0.3 is 0 Å². The van der Waals surface area contributed by atoms with Crippen LogP contribution in [-0.4, -0.2) is 11.0 Å². The first-order valence-corrected chi connectivity index (χ1v) is 8.00. The molecule has 7 nitrogen and oxygen atoms in total. The van der Waals surface area contributed by atoms with E-state index in [2.05, 4.69) is 10.6 Å². The summed E-state index contributed by atoms with van der Waals surface area (Å²) < 4.78 is 0. The molecule has 0 aliphatic carbocycles. The molecule has 9 heteroatoms. The molecule has 0 saturated carbocycles. The molecule has 26 heavy (non-hydrogen) atoms. The Morgan fingerprint density at radius 1 is 0.885 bits per heavy atom. The van der Waals surface area contributed by atoms with Crippen LogP contribution in [0.3, 0.4) is 0 Å². The van der Waals surface area contributed by atoms with Gasteiger partial charge in [-0.2, -0.15) is 0 Å². The smallest absolute Gasteiger partial charge is 0.253 e. The van der Waals surface area contributed by atoms with Crippen molar-refractivity contribution in [3.63, 3.8) is 0 Å². The fourth-order valence-electron chi connectivity index (χ4n) is 2.34. The quantitative estimate of drug-likeness (QED) is 0.391. The van der Waals surface area contributed by atoms with E-state index in [0.29, 0.717) is 10.7 Å². The SMILES string of the molecule is NC(=O)c1ccc(Cl)c(Nc2c(Nc3ccccc3Cl)c(=O)c2=O)c1O. The highest BCUT2D eigenvalue weighted by Crippen LogP contribution is 2.38. The zero-order chi connectivity index (χ0) is 19.0. The Morgan fingerprint density at radius 2 is 1.50 bits per heavy atom. The molecule has 0 radical (unpaired) electrons. The molecule has 0 spiro atoms. The van der Waals surface area contributed by atoms with Crippen molar-refractivity contribution >= 4 is 51.9 Å². The van der Waals surface area contributed by atoms with Crippen molar-refractivity contribution in [3.05, 3.63) is 72.5 Å². The van der Waals surface area contributed by atoms with E-state index in [1.807, 2.05) is 0 Å². The Balaban J connectivity index is 2.01. The minimum absolute atomic E-state index is 0.0317. The third-order valence-electron chi connectivity index (χ3n) is 3.69. The van der Waals surface area contributed by atoms with Crippen LogP contribution in [0.1, 0.15) is 10.4 Å². The fraction of sp³-hybridized carbons (Fsp3) is 0. The Hall–Kier alpha value is -3.03. The van der Waals surface area contributed by atoms with Crippen molar-refractivity contribution in [1.82, 2.24) is 0 Å². The number of carbonyl (C=O) groups is 1. The first-order valence-electron chi connectivity index (χ1n) is 7.24. The van der Waals surface area contributed by atoms with Crippen LogP contribution < -0.4 is 27.2 Å². The van der Waals surface area contributed by atoms with E-state index in [9.17, 15) is 19.5 Å². The van der Waals surface area contributed by atoms with Crippen molar-refractivity contribution < 1.29 is 9.90 Å². The summed E-state index contributed by atoms with van der Waals surface area (Å²) in [5.74, 6) is -1.40. The van der Waals surface area contributed by atoms with Gasteiger partial charge in [0, 0.05) is 0 Å². The molecule has 0 bridgehead atoms. The number of nitrogens with two attached hydrogens (primary N) is 1. The minimum Gasteiger partial charge on any atom is -0.505 e. The predicted molar refractivity (Wildman–Crippen MR) is 101 cm³/mol. The van der Waals surface area contributed by atoms with E-state index in [0.717, 1.165) is 0 Å². The van der Waals surface area contributed by atoms with Gasteiger partial charge in [0.15, 0.2) is 5.75 Å². The maximum absolute atomic E-state index is 11.9. The number of anilines is 4. The highest BCUT2D eigenvalue weighted by Gasteiger charge is 2.24. The van der Waals surface area contributed by atoms with Gasteiger partial charge in [0.1, 0.15) is 17.1 Å². The molecule has 1 amide bonds. The summed E-state index contributed by atoms with van der Waals surface area (Å²) in [7, 11) is 0. The number of para-hydroxylation sites is 1. The van der Waals surface area contributed by atoms with Gasteiger partial charge in [-0.15, -0.1) is 0 Å². The summed E-state index contributed by atoms with van der Waals surface area (Å²) in [5.41, 5.74) is 3.58. The first-order chi connectivity index (χ1) is 12.3. The zero-order valence-corrected chi connectivity index (χ0v) is 14.5. The van der Waals surface area contributed by atoms with Crippen LogP contribution in [0.5, 0.6) is 5.75 Å². The number of aromatic hydroxyl groups is 1. The maximum atomic E-state index is 11.9. The molecule has 3 aromatic carbocycles. The molecule has 0 atom stereocenters. The number of primary amides is 1. The van der Waals surface area contributed by atoms with Gasteiger partial charge in [-0.05, 0) is 24.3 Å². The number of carbonyl (C=O) groups excluding carboxylic acids is 1. The van der Waals surface area contributed by atoms with E-state index in [-0.39, 0.29) is 27.6 Å². The third kappa shape index (κ3) is 2.98. The number of amides is 1. The normalized spacial score (nSPS) is 10.7. The number of hydrogen-bond acceptors (Lipinski definition) is 6. The number of rotatable bonds is 5. The Bertz CT molecular complexity index is 1100. The molecule has 3 aromatic rings. The van der Waals surface area contributed by atoms with Crippen molar-refractivity contribution in [3.8, 4) is 5.75 Å². The van der Waals surface area contributed by atoms with Gasteiger partial charge in [-0.3, -0.25) is 14.4 Å². The van der Waals surface area contributed by atoms with Crippen LogP contribution in [0.2, 0.25) is 10.0 Å². The lowest BCUT2D eigenvalue weighted by molar-refractivity contribution is 0.0998. The van der Waals surface area contributed by atoms with Crippen LogP contribution in [-0.2, 0) is 0 Å². The average Bonchev–Trinajstić information content (AvgIpc) is 2.61. The molecule has 0 aliphatic heterocycles. The Labute approximate surface area is 156 Å². The lowest BCUT2D eigenvalue weighted by Gasteiger charge is -2.17. The number of hydrogen-bond donors (Lipinski definition) is 4. The molecule has 0 heterocycles. The van der Waals surface area contributed by atoms with Gasteiger partial charge < -0.3 is 21.5 Å². The number of nitrogens with one attached hydrogen (secondary N) is 2. The van der Waals surface area contributed by atoms with E-state index < -0.39 is 22.5 Å². The van der Waals surface area contributed by atoms with Gasteiger partial charge in [0.05, 0.1) is 21.3 Å². The molecule has 132 valence electrons. The van der Waals surface area contributed by atoms with Crippen molar-refractivity contribution in [1.29, 1.82) is 0 Å². The van der Waals surface area contributed by atoms with E-state index in [1.54, 1.807) is 24.3 Å². The monoisotopic (exact) mass is 391 g/mol. The average molecular weight is 392 g/mol. The summed E-state index contributed by atoms with van der Waals surface area (Å²) in [6.45, 7) is 0. The third-order valence-corrected chi connectivity index (χ3v) is 4.33. The lowest BCUT2D eigenvalue weighted by Crippen LogP contribution is -2.36. The molecule has 0 saturated heterocycles. The molecular weight excluding hydrogens is 381 g/mol. The molecule has 0 fully saturated rings. The van der Waals surface area contributed by atoms with Gasteiger partial charge in [0.25, 0.3) is 16.8 Å². The van der Waals surface area contributed by atoms with Crippen LogP contribution in [0.4, 0.5) is 22.7 Å². The van der Waals surface area contributed by atoms with Gasteiger partial charge in [-0.1, -0.05) is 35.3 Å². The van der Waals surface area contributed by atoms with Crippen molar-refractivity contribution in [2.75, 3.05) is 10.6 Å². The Kier molecular flexibility index (Phi) is 4.58. The van der Waals surface area contributed by atoms with Crippen molar-refractivity contribution in [2.24, 2.45) is 5.73 Å². The highest BCUT2D eigenvalue weighted by atomic mass is 35.5. The minimum atomic E-state index is -0.873. The summed E-state index contributed by atoms with van der Waals surface area (Å²) >= 11 is 12.0.